The van der Waals surface area contributed by atoms with E-state index in [1.807, 2.05) is 0 Å². The van der Waals surface area contributed by atoms with Crippen LogP contribution in [0.3, 0.4) is 0 Å². The van der Waals surface area contributed by atoms with E-state index in [-0.39, 0.29) is 34.6 Å². The lowest BCUT2D eigenvalue weighted by Gasteiger charge is -2.30. The summed E-state index contributed by atoms with van der Waals surface area (Å²) in [7, 11) is 0. The minimum atomic E-state index is -0.318. The average molecular weight is 412 g/mol. The van der Waals surface area contributed by atoms with Crippen molar-refractivity contribution in [2.45, 2.75) is 19.4 Å². The molecule has 0 spiro atoms. The van der Waals surface area contributed by atoms with Crippen molar-refractivity contribution in [1.82, 2.24) is 14.5 Å². The van der Waals surface area contributed by atoms with Crippen LogP contribution in [0, 0.1) is 10.7 Å². The lowest BCUT2D eigenvalue weighted by atomic mass is 9.96. The van der Waals surface area contributed by atoms with E-state index in [0.29, 0.717) is 48.2 Å². The molecule has 0 unspecified atom stereocenters. The Morgan fingerprint density at radius 1 is 1.24 bits per heavy atom. The number of nitrogens with two attached hydrogens (primary N) is 1. The van der Waals surface area contributed by atoms with Crippen LogP contribution in [0.2, 0.25) is 0 Å². The van der Waals surface area contributed by atoms with Gasteiger partial charge in [-0.2, -0.15) is 0 Å². The van der Waals surface area contributed by atoms with Crippen LogP contribution in [0.15, 0.2) is 45.8 Å². The van der Waals surface area contributed by atoms with Crippen LogP contribution in [0.1, 0.15) is 29.0 Å². The molecule has 1 aliphatic heterocycles. The molecule has 0 saturated carbocycles. The molecule has 1 saturated heterocycles. The summed E-state index contributed by atoms with van der Waals surface area (Å²) in [6.07, 6.45) is 2.67. The maximum atomic E-state index is 12.9. The molecule has 0 aliphatic carbocycles. The van der Waals surface area contributed by atoms with E-state index in [2.05, 4.69) is 4.98 Å². The van der Waals surface area contributed by atoms with Gasteiger partial charge in [0.15, 0.2) is 4.77 Å². The number of likely N-dealkylation sites (tertiary alicyclic amines) is 1. The number of carbonyl (C=O) groups excluding carboxylic acids is 2. The van der Waals surface area contributed by atoms with Gasteiger partial charge in [-0.3, -0.25) is 19.0 Å². The van der Waals surface area contributed by atoms with Gasteiger partial charge in [0.25, 0.3) is 11.5 Å². The van der Waals surface area contributed by atoms with Crippen LogP contribution >= 0.6 is 12.2 Å². The van der Waals surface area contributed by atoms with Gasteiger partial charge in [-0.15, -0.1) is 0 Å². The van der Waals surface area contributed by atoms with Crippen LogP contribution in [-0.4, -0.2) is 39.4 Å². The Balaban J connectivity index is 1.61. The number of primary amides is 1. The molecule has 8 nitrogen and oxygen atoms in total. The van der Waals surface area contributed by atoms with Crippen molar-refractivity contribution >= 4 is 34.9 Å². The third-order valence-electron chi connectivity index (χ3n) is 5.31. The lowest BCUT2D eigenvalue weighted by molar-refractivity contribution is -0.123. The number of nitrogens with one attached hydrogen (secondary N) is 1. The average Bonchev–Trinajstić information content (AvgIpc) is 3.23. The minimum Gasteiger partial charge on any atom is -0.467 e. The molecule has 1 fully saturated rings. The zero-order chi connectivity index (χ0) is 20.5. The van der Waals surface area contributed by atoms with Gasteiger partial charge in [0.05, 0.1) is 23.7 Å². The maximum absolute atomic E-state index is 12.9. The largest absolute Gasteiger partial charge is 0.467 e. The molecule has 0 atom stereocenters. The van der Waals surface area contributed by atoms with Crippen LogP contribution < -0.4 is 11.3 Å². The Hall–Kier alpha value is -3.20. The molecule has 9 heteroatoms. The highest BCUT2D eigenvalue weighted by Gasteiger charge is 2.26. The predicted octanol–water partition coefficient (Wildman–Crippen LogP) is 2.04. The number of hydrogen-bond donors (Lipinski definition) is 2. The number of H-pyrrole nitrogens is 1. The molecule has 3 heterocycles. The standard InChI is InChI=1S/C20H20N4O4S/c21-17(25)12-5-7-23(8-6-12)18(26)13-3-4-15-16(10-13)22-20(29)24(19(15)27)11-14-2-1-9-28-14/h1-4,9-10,12H,5-8,11H2,(H2,21,25)(H,22,29). The minimum absolute atomic E-state index is 0.145. The van der Waals surface area contributed by atoms with Gasteiger partial charge in [0.1, 0.15) is 5.76 Å². The first-order valence-electron chi connectivity index (χ1n) is 9.32. The summed E-state index contributed by atoms with van der Waals surface area (Å²) in [6.45, 7) is 1.18. The van der Waals surface area contributed by atoms with Gasteiger partial charge >= 0.3 is 0 Å². The van der Waals surface area contributed by atoms with Gasteiger partial charge < -0.3 is 20.0 Å². The molecule has 2 aromatic heterocycles. The van der Waals surface area contributed by atoms with E-state index >= 15 is 0 Å². The molecule has 150 valence electrons. The summed E-state index contributed by atoms with van der Waals surface area (Å²) in [5.41, 5.74) is 6.07. The number of piperidine rings is 1. The van der Waals surface area contributed by atoms with Crippen molar-refractivity contribution in [2.24, 2.45) is 11.7 Å². The summed E-state index contributed by atoms with van der Waals surface area (Å²) in [5.74, 6) is -0.0217. The number of furan rings is 1. The van der Waals surface area contributed by atoms with Crippen molar-refractivity contribution in [1.29, 1.82) is 0 Å². The van der Waals surface area contributed by atoms with Crippen molar-refractivity contribution in [3.63, 3.8) is 0 Å². The first-order chi connectivity index (χ1) is 13.9. The molecule has 29 heavy (non-hydrogen) atoms. The molecular weight excluding hydrogens is 392 g/mol. The van der Waals surface area contributed by atoms with Crippen molar-refractivity contribution < 1.29 is 14.0 Å². The second kappa shape index (κ2) is 7.67. The van der Waals surface area contributed by atoms with E-state index in [1.165, 1.54) is 10.8 Å². The quantitative estimate of drug-likeness (QED) is 0.637. The number of hydrogen-bond acceptors (Lipinski definition) is 5. The number of fused-ring (bicyclic) bond motifs is 1. The summed E-state index contributed by atoms with van der Waals surface area (Å²) in [5, 5.41) is 0.439. The fourth-order valence-corrected chi connectivity index (χ4v) is 3.90. The second-order valence-electron chi connectivity index (χ2n) is 7.13. The number of rotatable bonds is 4. The number of aromatic amines is 1. The smallest absolute Gasteiger partial charge is 0.262 e. The highest BCUT2D eigenvalue weighted by atomic mass is 32.1. The highest BCUT2D eigenvalue weighted by Crippen LogP contribution is 2.20. The topological polar surface area (TPSA) is 114 Å². The van der Waals surface area contributed by atoms with Gasteiger partial charge in [-0.05, 0) is 55.4 Å². The molecule has 0 radical (unpaired) electrons. The number of nitrogens with zero attached hydrogens (tertiary/aromatic N) is 2. The second-order valence-corrected chi connectivity index (χ2v) is 7.52. The molecule has 4 rings (SSSR count). The summed E-state index contributed by atoms with van der Waals surface area (Å²) in [4.78, 5) is 41.7. The summed E-state index contributed by atoms with van der Waals surface area (Å²) < 4.78 is 6.98. The van der Waals surface area contributed by atoms with Crippen molar-refractivity contribution in [3.05, 3.63) is 63.0 Å². The van der Waals surface area contributed by atoms with Gasteiger partial charge in [-0.25, -0.2) is 0 Å². The molecular formula is C20H20N4O4S. The number of amides is 2. The Kier molecular flexibility index (Phi) is 5.06. The Morgan fingerprint density at radius 2 is 2.00 bits per heavy atom. The van der Waals surface area contributed by atoms with Crippen LogP contribution in [0.4, 0.5) is 0 Å². The third-order valence-corrected chi connectivity index (χ3v) is 5.63. The fraction of sp³-hybridized carbons (Fsp3) is 0.300. The summed E-state index contributed by atoms with van der Waals surface area (Å²) in [6, 6.07) is 8.44. The monoisotopic (exact) mass is 412 g/mol. The van der Waals surface area contributed by atoms with Crippen LogP contribution in [-0.2, 0) is 11.3 Å². The molecule has 2 amide bonds. The first-order valence-corrected chi connectivity index (χ1v) is 9.72. The molecule has 3 aromatic rings. The van der Waals surface area contributed by atoms with Crippen molar-refractivity contribution in [3.8, 4) is 0 Å². The molecule has 0 bridgehead atoms. The van der Waals surface area contributed by atoms with Crippen molar-refractivity contribution in [2.75, 3.05) is 13.1 Å². The zero-order valence-corrected chi connectivity index (χ0v) is 16.4. The normalized spacial score (nSPS) is 15.0. The highest BCUT2D eigenvalue weighted by molar-refractivity contribution is 7.71. The number of carbonyl (C=O) groups is 2. The maximum Gasteiger partial charge on any atom is 0.262 e. The number of aromatic nitrogens is 2. The number of benzene rings is 1. The van der Waals surface area contributed by atoms with E-state index in [4.69, 9.17) is 22.4 Å². The van der Waals surface area contributed by atoms with E-state index in [9.17, 15) is 14.4 Å². The Bertz CT molecular complexity index is 1190. The van der Waals surface area contributed by atoms with E-state index < -0.39 is 0 Å². The van der Waals surface area contributed by atoms with Gasteiger partial charge in [-0.1, -0.05) is 0 Å². The Labute approximate surface area is 170 Å². The predicted molar refractivity (Wildman–Crippen MR) is 109 cm³/mol. The van der Waals surface area contributed by atoms with Crippen LogP contribution in [0.25, 0.3) is 10.9 Å². The zero-order valence-electron chi connectivity index (χ0n) is 15.6. The Morgan fingerprint density at radius 3 is 2.66 bits per heavy atom. The van der Waals surface area contributed by atoms with E-state index in [1.54, 1.807) is 35.2 Å². The lowest BCUT2D eigenvalue weighted by Crippen LogP contribution is -2.41. The fourth-order valence-electron chi connectivity index (χ4n) is 3.64. The van der Waals surface area contributed by atoms with Crippen LogP contribution in [0.5, 0.6) is 0 Å². The molecule has 1 aromatic carbocycles. The third kappa shape index (κ3) is 3.73. The summed E-state index contributed by atoms with van der Waals surface area (Å²) >= 11 is 5.34. The van der Waals surface area contributed by atoms with Gasteiger partial charge in [0, 0.05) is 24.6 Å². The SMILES string of the molecule is NC(=O)C1CCN(C(=O)c2ccc3c(=O)n(Cc4ccco4)c(=S)[nH]c3c2)CC1. The van der Waals surface area contributed by atoms with Gasteiger partial charge in [0.2, 0.25) is 5.91 Å². The molecule has 3 N–H and O–H groups in total. The molecule has 1 aliphatic rings. The van der Waals surface area contributed by atoms with E-state index in [0.717, 1.165) is 0 Å². The first kappa shape index (κ1) is 19.1.